The normalized spacial score (nSPS) is 17.1. The minimum absolute atomic E-state index is 0. The Kier molecular flexibility index (Phi) is 10.2. The van der Waals surface area contributed by atoms with Crippen LogP contribution in [0, 0.1) is 5.41 Å². The molecule has 1 rings (SSSR count). The van der Waals surface area contributed by atoms with Crippen LogP contribution < -0.4 is 10.6 Å². The fourth-order valence-corrected chi connectivity index (χ4v) is 3.37. The quantitative estimate of drug-likeness (QED) is 0.325. The van der Waals surface area contributed by atoms with Gasteiger partial charge in [0.25, 0.3) is 0 Å². The maximum Gasteiger partial charge on any atom is 0.230 e. The molecule has 1 fully saturated rings. The van der Waals surface area contributed by atoms with E-state index < -0.39 is 15.3 Å². The lowest BCUT2D eigenvalue weighted by atomic mass is 9.85. The van der Waals surface area contributed by atoms with Crippen molar-refractivity contribution >= 4 is 45.7 Å². The number of halogens is 1. The first-order chi connectivity index (χ1) is 10.7. The van der Waals surface area contributed by atoms with Gasteiger partial charge in [0.05, 0.1) is 17.7 Å². The summed E-state index contributed by atoms with van der Waals surface area (Å²) in [6, 6.07) is 0. The summed E-state index contributed by atoms with van der Waals surface area (Å²) >= 11 is 0. The van der Waals surface area contributed by atoms with Crippen molar-refractivity contribution in [2.24, 2.45) is 10.4 Å². The van der Waals surface area contributed by atoms with Gasteiger partial charge in [-0.25, -0.2) is 8.42 Å². The zero-order valence-corrected chi connectivity index (χ0v) is 18.2. The van der Waals surface area contributed by atoms with E-state index in [1.807, 2.05) is 6.92 Å². The van der Waals surface area contributed by atoms with E-state index in [2.05, 4.69) is 15.6 Å². The number of nitrogens with zero attached hydrogens (tertiary/aromatic N) is 2. The molecule has 24 heavy (non-hydrogen) atoms. The van der Waals surface area contributed by atoms with Crippen molar-refractivity contribution in [2.75, 3.05) is 45.7 Å². The van der Waals surface area contributed by atoms with Crippen molar-refractivity contribution in [1.29, 1.82) is 0 Å². The fourth-order valence-electron chi connectivity index (χ4n) is 2.89. The van der Waals surface area contributed by atoms with Crippen molar-refractivity contribution < 1.29 is 13.2 Å². The van der Waals surface area contributed by atoms with Crippen LogP contribution in [-0.2, 0) is 14.6 Å². The van der Waals surface area contributed by atoms with Crippen molar-refractivity contribution in [3.63, 3.8) is 0 Å². The van der Waals surface area contributed by atoms with Crippen LogP contribution in [0.25, 0.3) is 0 Å². The van der Waals surface area contributed by atoms with Crippen LogP contribution in [0.15, 0.2) is 4.99 Å². The molecule has 1 amide bonds. The molecule has 0 atom stereocenters. The molecule has 0 aromatic carbocycles. The highest BCUT2D eigenvalue weighted by molar-refractivity contribution is 14.0. The second-order valence-electron chi connectivity index (χ2n) is 6.44. The molecule has 0 bridgehead atoms. The van der Waals surface area contributed by atoms with Crippen LogP contribution in [0.4, 0.5) is 0 Å². The topological polar surface area (TPSA) is 90.9 Å². The van der Waals surface area contributed by atoms with Crippen LogP contribution in [0.1, 0.15) is 32.6 Å². The lowest BCUT2D eigenvalue weighted by Crippen LogP contribution is -2.43. The van der Waals surface area contributed by atoms with Gasteiger partial charge in [-0.2, -0.15) is 0 Å². The van der Waals surface area contributed by atoms with E-state index >= 15 is 0 Å². The van der Waals surface area contributed by atoms with Gasteiger partial charge in [-0.15, -0.1) is 24.0 Å². The van der Waals surface area contributed by atoms with E-state index in [1.54, 1.807) is 19.0 Å². The maximum absolute atomic E-state index is 12.5. The van der Waals surface area contributed by atoms with E-state index in [-0.39, 0.29) is 35.6 Å². The second-order valence-corrected chi connectivity index (χ2v) is 8.70. The molecular formula is C15H31IN4O3S. The Morgan fingerprint density at radius 1 is 1.21 bits per heavy atom. The van der Waals surface area contributed by atoms with Gasteiger partial charge in [0.15, 0.2) is 5.96 Å². The van der Waals surface area contributed by atoms with Gasteiger partial charge >= 0.3 is 0 Å². The molecule has 0 aliphatic heterocycles. The number of rotatable bonds is 7. The second kappa shape index (κ2) is 10.4. The predicted octanol–water partition coefficient (Wildman–Crippen LogP) is 0.853. The van der Waals surface area contributed by atoms with Crippen LogP contribution in [0.2, 0.25) is 0 Å². The summed E-state index contributed by atoms with van der Waals surface area (Å²) < 4.78 is 22.4. The number of hydrogen-bond acceptors (Lipinski definition) is 4. The third-order valence-corrected chi connectivity index (χ3v) is 5.02. The van der Waals surface area contributed by atoms with Crippen molar-refractivity contribution in [3.8, 4) is 0 Å². The minimum atomic E-state index is -3.01. The van der Waals surface area contributed by atoms with Gasteiger partial charge < -0.3 is 15.5 Å². The summed E-state index contributed by atoms with van der Waals surface area (Å²) in [5.41, 5.74) is -0.414. The Balaban J connectivity index is 0.00000529. The average Bonchev–Trinajstić information content (AvgIpc) is 2.92. The molecule has 142 valence electrons. The number of nitrogens with one attached hydrogen (secondary N) is 2. The molecule has 1 aliphatic rings. The van der Waals surface area contributed by atoms with Gasteiger partial charge in [-0.05, 0) is 19.8 Å². The molecule has 0 aromatic heterocycles. The summed E-state index contributed by atoms with van der Waals surface area (Å²) in [6.07, 6.45) is 5.02. The highest BCUT2D eigenvalue weighted by Gasteiger charge is 2.41. The molecule has 0 heterocycles. The van der Waals surface area contributed by atoms with Gasteiger partial charge in [0.2, 0.25) is 5.91 Å². The molecule has 0 radical (unpaired) electrons. The lowest BCUT2D eigenvalue weighted by molar-refractivity contribution is -0.138. The largest absolute Gasteiger partial charge is 0.357 e. The summed E-state index contributed by atoms with van der Waals surface area (Å²) in [4.78, 5) is 18.7. The first-order valence-electron chi connectivity index (χ1n) is 8.12. The van der Waals surface area contributed by atoms with E-state index in [0.717, 1.165) is 25.7 Å². The maximum atomic E-state index is 12.5. The highest BCUT2D eigenvalue weighted by atomic mass is 127. The van der Waals surface area contributed by atoms with Crippen molar-refractivity contribution in [2.45, 2.75) is 32.6 Å². The monoisotopic (exact) mass is 474 g/mol. The third-order valence-electron chi connectivity index (χ3n) is 4.07. The summed E-state index contributed by atoms with van der Waals surface area (Å²) in [5.74, 6) is 0.749. The van der Waals surface area contributed by atoms with Crippen LogP contribution in [-0.4, -0.2) is 70.9 Å². The van der Waals surface area contributed by atoms with Gasteiger partial charge in [0, 0.05) is 33.4 Å². The molecule has 2 N–H and O–H groups in total. The zero-order chi connectivity index (χ0) is 17.5. The molecule has 0 saturated heterocycles. The molecule has 7 nitrogen and oxygen atoms in total. The van der Waals surface area contributed by atoms with E-state index in [0.29, 0.717) is 25.6 Å². The van der Waals surface area contributed by atoms with E-state index in [4.69, 9.17) is 0 Å². The van der Waals surface area contributed by atoms with E-state index in [9.17, 15) is 13.2 Å². The third kappa shape index (κ3) is 7.54. The van der Waals surface area contributed by atoms with Crippen molar-refractivity contribution in [3.05, 3.63) is 0 Å². The lowest BCUT2D eigenvalue weighted by Gasteiger charge is -2.29. The van der Waals surface area contributed by atoms with Crippen LogP contribution in [0.5, 0.6) is 0 Å². The first kappa shape index (κ1) is 23.4. The smallest absolute Gasteiger partial charge is 0.230 e. The number of hydrogen-bond donors (Lipinski definition) is 2. The predicted molar refractivity (Wildman–Crippen MR) is 109 cm³/mol. The molecule has 1 aliphatic carbocycles. The van der Waals surface area contributed by atoms with Crippen LogP contribution in [0.3, 0.4) is 0 Å². The van der Waals surface area contributed by atoms with Gasteiger partial charge in [0.1, 0.15) is 9.84 Å². The molecule has 0 spiro atoms. The number of carbonyl (C=O) groups excluding carboxylic acids is 1. The van der Waals surface area contributed by atoms with Gasteiger partial charge in [-0.3, -0.25) is 9.79 Å². The fraction of sp³-hybridized carbons (Fsp3) is 0.867. The highest BCUT2D eigenvalue weighted by Crippen LogP contribution is 2.39. The van der Waals surface area contributed by atoms with E-state index in [1.165, 1.54) is 6.26 Å². The summed E-state index contributed by atoms with van der Waals surface area (Å²) in [6.45, 7) is 3.36. The number of sulfone groups is 1. The Morgan fingerprint density at radius 2 is 1.79 bits per heavy atom. The number of amides is 1. The molecule has 0 aromatic rings. The summed E-state index contributed by atoms with van der Waals surface area (Å²) in [5, 5.41) is 6.12. The van der Waals surface area contributed by atoms with Crippen LogP contribution >= 0.6 is 24.0 Å². The molecule has 9 heteroatoms. The summed E-state index contributed by atoms with van der Waals surface area (Å²) in [7, 11) is 0.551. The Labute approximate surface area is 163 Å². The molecule has 0 unspecified atom stereocenters. The minimum Gasteiger partial charge on any atom is -0.357 e. The number of guanidine groups is 1. The van der Waals surface area contributed by atoms with Gasteiger partial charge in [-0.1, -0.05) is 12.8 Å². The Bertz CT molecular complexity index is 529. The molecular weight excluding hydrogens is 443 g/mol. The number of carbonyl (C=O) groups is 1. The zero-order valence-electron chi connectivity index (χ0n) is 15.1. The standard InChI is InChI=1S/C15H30N4O3S.HI/c1-5-16-14(17-10-11-23(4,21)22)18-12-15(8-6-7-9-15)13(20)19(2)3;/h5-12H2,1-4H3,(H2,16,17,18);1H. The average molecular weight is 474 g/mol. The first-order valence-corrected chi connectivity index (χ1v) is 10.2. The Hall–Kier alpha value is -0.580. The number of aliphatic imine (C=N–C) groups is 1. The van der Waals surface area contributed by atoms with Crippen molar-refractivity contribution in [1.82, 2.24) is 15.5 Å². The Morgan fingerprint density at radius 3 is 2.25 bits per heavy atom. The SMILES string of the molecule is CCNC(=NCC1(C(=O)N(C)C)CCCC1)NCCS(C)(=O)=O.I. The molecule has 1 saturated carbocycles.